The highest BCUT2D eigenvalue weighted by molar-refractivity contribution is 7.26. The fourth-order valence-electron chi connectivity index (χ4n) is 7.94. The quantitative estimate of drug-likeness (QED) is 0.181. The van der Waals surface area contributed by atoms with Gasteiger partial charge in [-0.05, 0) is 48.0 Å². The van der Waals surface area contributed by atoms with Crippen LogP contribution in [0.1, 0.15) is 0 Å². The Morgan fingerprint density at radius 2 is 0.885 bits per heavy atom. The second-order valence-corrected chi connectivity index (χ2v) is 14.3. The van der Waals surface area contributed by atoms with Crippen molar-refractivity contribution in [3.05, 3.63) is 176 Å². The third-order valence-corrected chi connectivity index (χ3v) is 11.5. The molecule has 3 aromatic heterocycles. The molecule has 244 valence electrons. The summed E-state index contributed by atoms with van der Waals surface area (Å²) in [7, 11) is 0. The van der Waals surface area contributed by atoms with E-state index < -0.39 is 0 Å². The molecule has 4 heteroatoms. The van der Waals surface area contributed by atoms with E-state index in [1.807, 2.05) is 35.6 Å². The van der Waals surface area contributed by atoms with Crippen LogP contribution in [0, 0.1) is 0 Å². The van der Waals surface area contributed by atoms with Crippen LogP contribution in [0.3, 0.4) is 0 Å². The minimum absolute atomic E-state index is 0.893. The molecule has 0 aliphatic heterocycles. The van der Waals surface area contributed by atoms with Crippen molar-refractivity contribution in [3.8, 4) is 22.3 Å². The lowest BCUT2D eigenvalue weighted by molar-refractivity contribution is 0.669. The van der Waals surface area contributed by atoms with Gasteiger partial charge in [-0.25, -0.2) is 0 Å². The average Bonchev–Trinajstić information content (AvgIpc) is 3.90. The van der Waals surface area contributed by atoms with E-state index in [0.29, 0.717) is 0 Å². The number of hydrogen-bond donors (Lipinski definition) is 0. The van der Waals surface area contributed by atoms with E-state index in [0.717, 1.165) is 83.2 Å². The molecule has 0 spiro atoms. The van der Waals surface area contributed by atoms with Crippen LogP contribution in [0.15, 0.2) is 185 Å². The first-order chi connectivity index (χ1) is 25.8. The molecule has 0 atom stereocenters. The van der Waals surface area contributed by atoms with Crippen LogP contribution in [-0.2, 0) is 0 Å². The number of fused-ring (bicyclic) bond motifs is 9. The summed E-state index contributed by atoms with van der Waals surface area (Å²) >= 11 is 1.84. The Labute approximate surface area is 303 Å². The molecular weight excluding hydrogens is 655 g/mol. The van der Waals surface area contributed by atoms with Crippen molar-refractivity contribution in [2.45, 2.75) is 0 Å². The number of nitrogens with zero attached hydrogens (tertiary/aromatic N) is 1. The highest BCUT2D eigenvalue weighted by Crippen LogP contribution is 2.49. The van der Waals surface area contributed by atoms with E-state index in [1.165, 1.54) is 20.2 Å². The highest BCUT2D eigenvalue weighted by Gasteiger charge is 2.23. The standard InChI is InChI=1S/C48H29NO2S/c1-5-21-41(33(12-1)37-17-10-19-39-35-14-3-7-24-44(35)51-47(37)39)49(42-22-11-20-40-36-15-4-8-25-45(36)52-48(40)42)31-28-26-30(27-29-31)32-16-9-18-38-34-13-2-6-23-43(34)50-46(32)38/h1-29H. The van der Waals surface area contributed by atoms with Gasteiger partial charge in [0.2, 0.25) is 0 Å². The van der Waals surface area contributed by atoms with Gasteiger partial charge in [0, 0.05) is 59.4 Å². The van der Waals surface area contributed by atoms with Gasteiger partial charge in [-0.3, -0.25) is 0 Å². The molecule has 0 unspecified atom stereocenters. The van der Waals surface area contributed by atoms with Gasteiger partial charge in [-0.15, -0.1) is 11.3 Å². The second-order valence-electron chi connectivity index (χ2n) is 13.2. The second kappa shape index (κ2) is 11.5. The molecule has 0 radical (unpaired) electrons. The van der Waals surface area contributed by atoms with Gasteiger partial charge in [0.05, 0.1) is 16.1 Å². The molecule has 3 heterocycles. The molecule has 0 saturated carbocycles. The van der Waals surface area contributed by atoms with Crippen molar-refractivity contribution >= 4 is 92.4 Å². The van der Waals surface area contributed by atoms with E-state index in [4.69, 9.17) is 8.83 Å². The van der Waals surface area contributed by atoms with E-state index >= 15 is 0 Å². The lowest BCUT2D eigenvalue weighted by Crippen LogP contribution is -2.11. The van der Waals surface area contributed by atoms with Crippen LogP contribution in [0.2, 0.25) is 0 Å². The highest BCUT2D eigenvalue weighted by atomic mass is 32.1. The van der Waals surface area contributed by atoms with Crippen LogP contribution < -0.4 is 4.90 Å². The summed E-state index contributed by atoms with van der Waals surface area (Å²) in [6, 6.07) is 62.4. The third-order valence-electron chi connectivity index (χ3n) is 10.3. The summed E-state index contributed by atoms with van der Waals surface area (Å²) in [5, 5.41) is 7.04. The Morgan fingerprint density at radius 1 is 0.365 bits per heavy atom. The van der Waals surface area contributed by atoms with Crippen LogP contribution in [0.5, 0.6) is 0 Å². The zero-order chi connectivity index (χ0) is 34.2. The maximum atomic E-state index is 6.59. The predicted octanol–water partition coefficient (Wildman–Crippen LogP) is 14.7. The Hall–Kier alpha value is -6.62. The largest absolute Gasteiger partial charge is 0.455 e. The number of furan rings is 2. The van der Waals surface area contributed by atoms with Crippen LogP contribution in [-0.4, -0.2) is 0 Å². The summed E-state index contributed by atoms with van der Waals surface area (Å²) in [5.41, 5.74) is 11.2. The Balaban J connectivity index is 1.14. The first-order valence-corrected chi connectivity index (χ1v) is 18.3. The molecule has 52 heavy (non-hydrogen) atoms. The smallest absolute Gasteiger partial charge is 0.143 e. The summed E-state index contributed by atoms with van der Waals surface area (Å²) in [5.74, 6) is 0. The predicted molar refractivity (Wildman–Crippen MR) is 219 cm³/mol. The van der Waals surface area contributed by atoms with Crippen molar-refractivity contribution in [3.63, 3.8) is 0 Å². The molecule has 11 rings (SSSR count). The maximum absolute atomic E-state index is 6.59. The monoisotopic (exact) mass is 683 g/mol. The topological polar surface area (TPSA) is 29.5 Å². The fourth-order valence-corrected chi connectivity index (χ4v) is 9.14. The molecule has 8 aromatic carbocycles. The molecule has 11 aromatic rings. The Bertz CT molecular complexity index is 3150. The van der Waals surface area contributed by atoms with Gasteiger partial charge in [0.25, 0.3) is 0 Å². The van der Waals surface area contributed by atoms with Crippen molar-refractivity contribution in [1.29, 1.82) is 0 Å². The van der Waals surface area contributed by atoms with Gasteiger partial charge in [0.1, 0.15) is 22.3 Å². The van der Waals surface area contributed by atoms with Gasteiger partial charge in [-0.1, -0.05) is 133 Å². The maximum Gasteiger partial charge on any atom is 0.143 e. The third kappa shape index (κ3) is 4.38. The molecule has 0 N–H and O–H groups in total. The molecule has 0 bridgehead atoms. The Morgan fingerprint density at radius 3 is 1.63 bits per heavy atom. The van der Waals surface area contributed by atoms with Gasteiger partial charge in [-0.2, -0.15) is 0 Å². The molecule has 3 nitrogen and oxygen atoms in total. The van der Waals surface area contributed by atoms with Gasteiger partial charge in [0.15, 0.2) is 0 Å². The first kappa shape index (κ1) is 29.1. The molecule has 0 saturated heterocycles. The van der Waals surface area contributed by atoms with E-state index in [9.17, 15) is 0 Å². The molecular formula is C48H29NO2S. The summed E-state index contributed by atoms with van der Waals surface area (Å²) in [6.07, 6.45) is 0. The fraction of sp³-hybridized carbons (Fsp3) is 0. The lowest BCUT2D eigenvalue weighted by atomic mass is 9.98. The summed E-state index contributed by atoms with van der Waals surface area (Å²) in [4.78, 5) is 2.42. The average molecular weight is 684 g/mol. The minimum atomic E-state index is 0.893. The minimum Gasteiger partial charge on any atom is -0.455 e. The van der Waals surface area contributed by atoms with Crippen LogP contribution >= 0.6 is 11.3 Å². The summed E-state index contributed by atoms with van der Waals surface area (Å²) < 4.78 is 15.5. The summed E-state index contributed by atoms with van der Waals surface area (Å²) in [6.45, 7) is 0. The van der Waals surface area contributed by atoms with Crippen LogP contribution in [0.25, 0.3) is 86.3 Å². The molecule has 0 aliphatic rings. The van der Waals surface area contributed by atoms with Crippen LogP contribution in [0.4, 0.5) is 17.1 Å². The van der Waals surface area contributed by atoms with Gasteiger partial charge < -0.3 is 13.7 Å². The number of hydrogen-bond acceptors (Lipinski definition) is 4. The van der Waals surface area contributed by atoms with Crippen molar-refractivity contribution in [2.24, 2.45) is 0 Å². The zero-order valence-corrected chi connectivity index (χ0v) is 28.7. The SMILES string of the molecule is c1ccc(N(c2ccc(-c3cccc4c3oc3ccccc34)cc2)c2cccc3c2sc2ccccc23)c(-c2cccc3c2oc2ccccc23)c1. The lowest BCUT2D eigenvalue weighted by Gasteiger charge is -2.28. The number of thiophene rings is 1. The van der Waals surface area contributed by atoms with E-state index in [1.54, 1.807) is 0 Å². The normalized spacial score (nSPS) is 11.8. The molecule has 0 aliphatic carbocycles. The number of benzene rings is 8. The van der Waals surface area contributed by atoms with Crippen molar-refractivity contribution in [2.75, 3.05) is 4.90 Å². The van der Waals surface area contributed by atoms with Gasteiger partial charge >= 0.3 is 0 Å². The molecule has 0 fully saturated rings. The number of anilines is 3. The number of rotatable bonds is 5. The van der Waals surface area contributed by atoms with Crippen molar-refractivity contribution < 1.29 is 8.83 Å². The first-order valence-electron chi connectivity index (χ1n) is 17.5. The Kier molecular flexibility index (Phi) is 6.42. The van der Waals surface area contributed by atoms with E-state index in [-0.39, 0.29) is 0 Å². The zero-order valence-electron chi connectivity index (χ0n) is 27.9. The molecule has 0 amide bonds. The van der Waals surface area contributed by atoms with Crippen molar-refractivity contribution in [1.82, 2.24) is 0 Å². The number of para-hydroxylation sites is 5. The van der Waals surface area contributed by atoms with E-state index in [2.05, 4.69) is 157 Å².